The van der Waals surface area contributed by atoms with E-state index in [-0.39, 0.29) is 5.82 Å². The smallest absolute Gasteiger partial charge is 0.137 e. The zero-order valence-corrected chi connectivity index (χ0v) is 10.7. The summed E-state index contributed by atoms with van der Waals surface area (Å²) in [7, 11) is 0. The molecular weight excluding hydrogens is 223 g/mol. The quantitative estimate of drug-likeness (QED) is 0.597. The molecule has 0 aliphatic heterocycles. The molecule has 0 aliphatic rings. The number of aliphatic hydroxyl groups is 1. The maximum atomic E-state index is 13.6. The predicted molar refractivity (Wildman–Crippen MR) is 67.3 cm³/mol. The molecule has 1 rings (SSSR count). The summed E-state index contributed by atoms with van der Waals surface area (Å²) in [6, 6.07) is 4.97. The van der Waals surface area contributed by atoms with Crippen molar-refractivity contribution in [3.05, 3.63) is 29.6 Å². The highest BCUT2D eigenvalue weighted by atomic mass is 32.2. The Morgan fingerprint density at radius 3 is 2.69 bits per heavy atom. The fourth-order valence-corrected chi connectivity index (χ4v) is 2.36. The average Bonchev–Trinajstić information content (AvgIpc) is 2.26. The lowest BCUT2D eigenvalue weighted by molar-refractivity contribution is 0.198. The van der Waals surface area contributed by atoms with Gasteiger partial charge in [-0.3, -0.25) is 0 Å². The van der Waals surface area contributed by atoms with Crippen LogP contribution in [0.1, 0.15) is 44.8 Å². The first-order valence-electron chi connectivity index (χ1n) is 5.75. The van der Waals surface area contributed by atoms with Gasteiger partial charge in [0, 0.05) is 4.90 Å². The number of hydrogen-bond donors (Lipinski definition) is 1. The molecule has 0 saturated heterocycles. The van der Waals surface area contributed by atoms with E-state index in [1.807, 2.05) is 0 Å². The fourth-order valence-electron chi connectivity index (χ4n) is 1.43. The van der Waals surface area contributed by atoms with Crippen LogP contribution in [-0.4, -0.2) is 10.9 Å². The van der Waals surface area contributed by atoms with Crippen molar-refractivity contribution in [1.29, 1.82) is 0 Å². The van der Waals surface area contributed by atoms with Gasteiger partial charge in [0.1, 0.15) is 5.82 Å². The van der Waals surface area contributed by atoms with Crippen LogP contribution in [-0.2, 0) is 0 Å². The van der Waals surface area contributed by atoms with E-state index in [0.717, 1.165) is 12.2 Å². The van der Waals surface area contributed by atoms with Crippen LogP contribution >= 0.6 is 11.8 Å². The van der Waals surface area contributed by atoms with Crippen LogP contribution in [0.15, 0.2) is 23.1 Å². The molecule has 0 unspecified atom stereocenters. The van der Waals surface area contributed by atoms with Crippen molar-refractivity contribution in [1.82, 2.24) is 0 Å². The van der Waals surface area contributed by atoms with Crippen molar-refractivity contribution >= 4 is 11.8 Å². The first-order valence-corrected chi connectivity index (χ1v) is 6.74. The Balaban J connectivity index is 2.54. The number of aliphatic hydroxyl groups excluding tert-OH is 1. The second-order valence-electron chi connectivity index (χ2n) is 3.92. The van der Waals surface area contributed by atoms with Gasteiger partial charge in [-0.15, -0.1) is 11.8 Å². The molecule has 16 heavy (non-hydrogen) atoms. The van der Waals surface area contributed by atoms with E-state index in [4.69, 9.17) is 0 Å². The van der Waals surface area contributed by atoms with E-state index >= 15 is 0 Å². The minimum atomic E-state index is -0.603. The highest BCUT2D eigenvalue weighted by Crippen LogP contribution is 2.25. The van der Waals surface area contributed by atoms with E-state index in [9.17, 15) is 9.50 Å². The molecule has 1 aromatic carbocycles. The minimum Gasteiger partial charge on any atom is -0.389 e. The van der Waals surface area contributed by atoms with Gasteiger partial charge < -0.3 is 5.11 Å². The van der Waals surface area contributed by atoms with E-state index < -0.39 is 6.10 Å². The zero-order valence-electron chi connectivity index (χ0n) is 9.87. The number of hydrogen-bond acceptors (Lipinski definition) is 2. The highest BCUT2D eigenvalue weighted by Gasteiger charge is 2.07. The van der Waals surface area contributed by atoms with Gasteiger partial charge in [-0.1, -0.05) is 25.8 Å². The Bertz CT molecular complexity index is 326. The van der Waals surface area contributed by atoms with Crippen LogP contribution in [0.4, 0.5) is 4.39 Å². The van der Waals surface area contributed by atoms with Crippen molar-refractivity contribution in [2.45, 2.75) is 44.1 Å². The summed E-state index contributed by atoms with van der Waals surface area (Å²) in [6.07, 6.45) is 2.90. The number of thioether (sulfide) groups is 1. The lowest BCUT2D eigenvalue weighted by Gasteiger charge is -2.07. The Morgan fingerprint density at radius 2 is 2.12 bits per heavy atom. The summed E-state index contributed by atoms with van der Waals surface area (Å²) in [4.78, 5) is 0.681. The van der Waals surface area contributed by atoms with Gasteiger partial charge in [0.05, 0.1) is 6.10 Å². The monoisotopic (exact) mass is 242 g/mol. The topological polar surface area (TPSA) is 20.2 Å². The minimum absolute atomic E-state index is 0.222. The number of unbranched alkanes of at least 4 members (excludes halogenated alkanes) is 2. The van der Waals surface area contributed by atoms with E-state index in [0.29, 0.717) is 10.5 Å². The van der Waals surface area contributed by atoms with Crippen molar-refractivity contribution in [2.24, 2.45) is 0 Å². The lowest BCUT2D eigenvalue weighted by Crippen LogP contribution is -1.93. The molecule has 90 valence electrons. The Labute approximate surface area is 101 Å². The SMILES string of the molecule is CCCCCSc1ccc([C@@H](C)O)cc1F. The Kier molecular flexibility index (Phi) is 5.85. The lowest BCUT2D eigenvalue weighted by atomic mass is 10.1. The summed E-state index contributed by atoms with van der Waals surface area (Å²) in [5.41, 5.74) is 0.635. The molecule has 0 amide bonds. The molecule has 0 aromatic heterocycles. The number of benzene rings is 1. The number of rotatable bonds is 6. The normalized spacial score (nSPS) is 12.8. The molecule has 0 radical (unpaired) electrons. The third-order valence-electron chi connectivity index (χ3n) is 2.44. The van der Waals surface area contributed by atoms with Gasteiger partial charge in [-0.25, -0.2) is 4.39 Å². The van der Waals surface area contributed by atoms with E-state index in [2.05, 4.69) is 6.92 Å². The van der Waals surface area contributed by atoms with Crippen LogP contribution in [0.25, 0.3) is 0 Å². The summed E-state index contributed by atoms with van der Waals surface area (Å²) in [6.45, 7) is 3.80. The molecule has 0 spiro atoms. The van der Waals surface area contributed by atoms with Gasteiger partial charge in [0.25, 0.3) is 0 Å². The molecule has 1 atom stereocenters. The van der Waals surface area contributed by atoms with Crippen molar-refractivity contribution in [3.63, 3.8) is 0 Å². The fraction of sp³-hybridized carbons (Fsp3) is 0.538. The Hall–Kier alpha value is -0.540. The maximum absolute atomic E-state index is 13.6. The highest BCUT2D eigenvalue weighted by molar-refractivity contribution is 7.99. The van der Waals surface area contributed by atoms with Crippen LogP contribution in [0, 0.1) is 5.82 Å². The van der Waals surface area contributed by atoms with E-state index in [1.54, 1.807) is 30.8 Å². The van der Waals surface area contributed by atoms with Crippen LogP contribution in [0.3, 0.4) is 0 Å². The molecule has 0 bridgehead atoms. The zero-order chi connectivity index (χ0) is 12.0. The van der Waals surface area contributed by atoms with Crippen LogP contribution in [0.5, 0.6) is 0 Å². The van der Waals surface area contributed by atoms with Gasteiger partial charge in [0.15, 0.2) is 0 Å². The average molecular weight is 242 g/mol. The number of halogens is 1. The van der Waals surface area contributed by atoms with Gasteiger partial charge in [-0.05, 0) is 36.8 Å². The van der Waals surface area contributed by atoms with Crippen LogP contribution in [0.2, 0.25) is 0 Å². The summed E-state index contributed by atoms with van der Waals surface area (Å²) < 4.78 is 13.6. The second kappa shape index (κ2) is 6.92. The summed E-state index contributed by atoms with van der Waals surface area (Å²) >= 11 is 1.55. The van der Waals surface area contributed by atoms with Gasteiger partial charge >= 0.3 is 0 Å². The van der Waals surface area contributed by atoms with Gasteiger partial charge in [-0.2, -0.15) is 0 Å². The van der Waals surface area contributed by atoms with Crippen molar-refractivity contribution < 1.29 is 9.50 Å². The molecule has 0 aliphatic carbocycles. The maximum Gasteiger partial charge on any atom is 0.137 e. The summed E-state index contributed by atoms with van der Waals surface area (Å²) in [5.74, 6) is 0.735. The van der Waals surface area contributed by atoms with E-state index in [1.165, 1.54) is 18.9 Å². The molecule has 1 nitrogen and oxygen atoms in total. The Morgan fingerprint density at radius 1 is 1.38 bits per heavy atom. The molecule has 0 saturated carbocycles. The van der Waals surface area contributed by atoms with Crippen molar-refractivity contribution in [3.8, 4) is 0 Å². The first-order chi connectivity index (χ1) is 7.65. The predicted octanol–water partition coefficient (Wildman–Crippen LogP) is 4.16. The molecule has 0 heterocycles. The standard InChI is InChI=1S/C13H19FOS/c1-3-4-5-8-16-13-7-6-11(10(2)15)9-12(13)14/h6-7,9-10,15H,3-5,8H2,1-2H3/t10-/m1/s1. The molecule has 0 fully saturated rings. The second-order valence-corrected chi connectivity index (χ2v) is 5.06. The summed E-state index contributed by atoms with van der Waals surface area (Å²) in [5, 5.41) is 9.31. The molecule has 1 aromatic rings. The third-order valence-corrected chi connectivity index (χ3v) is 3.58. The van der Waals surface area contributed by atoms with Crippen LogP contribution < -0.4 is 0 Å². The molecular formula is C13H19FOS. The molecule has 1 N–H and O–H groups in total. The van der Waals surface area contributed by atoms with Gasteiger partial charge in [0.2, 0.25) is 0 Å². The third kappa shape index (κ3) is 4.14. The first kappa shape index (κ1) is 13.5. The van der Waals surface area contributed by atoms with Crippen molar-refractivity contribution in [2.75, 3.05) is 5.75 Å². The molecule has 3 heteroatoms. The largest absolute Gasteiger partial charge is 0.389 e.